The SMILES string of the molecule is C[C@@H]1CNS(=O)(=O)C2C=CC=CC2(C)C1. The molecular weight excluding hydrogens is 210 g/mol. The first-order valence-electron chi connectivity index (χ1n) is 5.28. The maximum absolute atomic E-state index is 12.0. The standard InChI is InChI=1S/C11H17NO2S/c1-9-7-11(2)6-4-3-5-10(11)15(13,14)12-8-9/h3-6,9-10,12H,7-8H2,1-2H3/t9-,10?,11?/m0/s1. The van der Waals surface area contributed by atoms with Crippen LogP contribution in [-0.4, -0.2) is 20.2 Å². The number of sulfonamides is 1. The van der Waals surface area contributed by atoms with Crippen molar-refractivity contribution in [2.45, 2.75) is 25.5 Å². The van der Waals surface area contributed by atoms with E-state index in [1.807, 2.05) is 25.2 Å². The van der Waals surface area contributed by atoms with Crippen molar-refractivity contribution < 1.29 is 8.42 Å². The first-order chi connectivity index (χ1) is 6.94. The molecule has 84 valence electrons. The maximum Gasteiger partial charge on any atom is 0.218 e. The zero-order valence-electron chi connectivity index (χ0n) is 9.10. The van der Waals surface area contributed by atoms with Gasteiger partial charge in [0, 0.05) is 12.0 Å². The Balaban J connectivity index is 2.46. The Kier molecular flexibility index (Phi) is 2.51. The van der Waals surface area contributed by atoms with Crippen LogP contribution in [0.4, 0.5) is 0 Å². The van der Waals surface area contributed by atoms with Crippen molar-refractivity contribution in [2.75, 3.05) is 6.54 Å². The highest BCUT2D eigenvalue weighted by Crippen LogP contribution is 2.39. The summed E-state index contributed by atoms with van der Waals surface area (Å²) < 4.78 is 26.7. The minimum atomic E-state index is -3.20. The number of rotatable bonds is 0. The van der Waals surface area contributed by atoms with Gasteiger partial charge in [-0.05, 0) is 12.3 Å². The summed E-state index contributed by atoms with van der Waals surface area (Å²) in [6.45, 7) is 4.66. The van der Waals surface area contributed by atoms with Gasteiger partial charge in [-0.3, -0.25) is 0 Å². The molecule has 1 heterocycles. The van der Waals surface area contributed by atoms with E-state index in [0.717, 1.165) is 6.42 Å². The highest BCUT2D eigenvalue weighted by atomic mass is 32.2. The summed E-state index contributed by atoms with van der Waals surface area (Å²) in [4.78, 5) is 0. The summed E-state index contributed by atoms with van der Waals surface area (Å²) in [6, 6.07) is 0. The Labute approximate surface area is 91.3 Å². The van der Waals surface area contributed by atoms with E-state index in [9.17, 15) is 8.42 Å². The smallest absolute Gasteiger partial charge is 0.214 e. The van der Waals surface area contributed by atoms with E-state index in [1.54, 1.807) is 6.08 Å². The van der Waals surface area contributed by atoms with Crippen molar-refractivity contribution in [1.82, 2.24) is 4.72 Å². The van der Waals surface area contributed by atoms with Gasteiger partial charge < -0.3 is 0 Å². The lowest BCUT2D eigenvalue weighted by Gasteiger charge is -2.33. The molecule has 0 bridgehead atoms. The predicted molar refractivity (Wildman–Crippen MR) is 60.9 cm³/mol. The Morgan fingerprint density at radius 2 is 2.13 bits per heavy atom. The lowest BCUT2D eigenvalue weighted by Crippen LogP contribution is -2.40. The van der Waals surface area contributed by atoms with Crippen molar-refractivity contribution >= 4 is 10.0 Å². The summed E-state index contributed by atoms with van der Waals surface area (Å²) in [5, 5.41) is -0.417. The van der Waals surface area contributed by atoms with Gasteiger partial charge in [0.25, 0.3) is 0 Å². The molecule has 0 saturated carbocycles. The average molecular weight is 227 g/mol. The molecule has 0 aromatic carbocycles. The van der Waals surface area contributed by atoms with Crippen molar-refractivity contribution in [3.63, 3.8) is 0 Å². The van der Waals surface area contributed by atoms with Crippen LogP contribution in [0.3, 0.4) is 0 Å². The van der Waals surface area contributed by atoms with Crippen LogP contribution in [0.2, 0.25) is 0 Å². The molecular formula is C11H17NO2S. The summed E-state index contributed by atoms with van der Waals surface area (Å²) in [5.74, 6) is 0.380. The third-order valence-electron chi connectivity index (χ3n) is 3.28. The summed E-state index contributed by atoms with van der Waals surface area (Å²) in [5.41, 5.74) is -0.253. The second-order valence-electron chi connectivity index (χ2n) is 4.87. The number of hydrogen-bond acceptors (Lipinski definition) is 2. The van der Waals surface area contributed by atoms with Crippen LogP contribution in [0.1, 0.15) is 20.3 Å². The van der Waals surface area contributed by atoms with Crippen LogP contribution in [0.5, 0.6) is 0 Å². The molecule has 1 N–H and O–H groups in total. The van der Waals surface area contributed by atoms with Crippen LogP contribution in [-0.2, 0) is 10.0 Å². The Hall–Kier alpha value is -0.610. The fraction of sp³-hybridized carbons (Fsp3) is 0.636. The lowest BCUT2D eigenvalue weighted by molar-refractivity contribution is 0.336. The Bertz CT molecular complexity index is 410. The monoisotopic (exact) mass is 227 g/mol. The van der Waals surface area contributed by atoms with Crippen molar-refractivity contribution in [3.8, 4) is 0 Å². The third-order valence-corrected chi connectivity index (χ3v) is 5.21. The van der Waals surface area contributed by atoms with Crippen LogP contribution in [0.15, 0.2) is 24.3 Å². The normalized spacial score (nSPS) is 43.3. The highest BCUT2D eigenvalue weighted by Gasteiger charge is 2.43. The zero-order chi connectivity index (χ0) is 11.1. The van der Waals surface area contributed by atoms with Crippen LogP contribution in [0.25, 0.3) is 0 Å². The molecule has 2 aliphatic rings. The summed E-state index contributed by atoms with van der Waals surface area (Å²) in [7, 11) is -3.20. The number of hydrogen-bond donors (Lipinski definition) is 1. The molecule has 0 aromatic heterocycles. The van der Waals surface area contributed by atoms with E-state index < -0.39 is 15.3 Å². The van der Waals surface area contributed by atoms with E-state index in [0.29, 0.717) is 12.5 Å². The second-order valence-corrected chi connectivity index (χ2v) is 6.76. The lowest BCUT2D eigenvalue weighted by atomic mass is 9.76. The molecule has 4 heteroatoms. The van der Waals surface area contributed by atoms with Gasteiger partial charge in [0.2, 0.25) is 10.0 Å². The zero-order valence-corrected chi connectivity index (χ0v) is 9.92. The fourth-order valence-corrected chi connectivity index (χ4v) is 4.45. The van der Waals surface area contributed by atoms with Gasteiger partial charge in [-0.15, -0.1) is 0 Å². The molecule has 0 radical (unpaired) electrons. The molecule has 3 nitrogen and oxygen atoms in total. The van der Waals surface area contributed by atoms with Gasteiger partial charge in [0.15, 0.2) is 0 Å². The predicted octanol–water partition coefficient (Wildman–Crippen LogP) is 1.45. The molecule has 1 fully saturated rings. The maximum atomic E-state index is 12.0. The van der Waals surface area contributed by atoms with Crippen LogP contribution in [0, 0.1) is 11.3 Å². The van der Waals surface area contributed by atoms with Crippen LogP contribution >= 0.6 is 0 Å². The van der Waals surface area contributed by atoms with Gasteiger partial charge in [0.05, 0.1) is 0 Å². The molecule has 3 atom stereocenters. The van der Waals surface area contributed by atoms with Crippen molar-refractivity contribution in [3.05, 3.63) is 24.3 Å². The molecule has 2 unspecified atom stereocenters. The molecule has 0 aromatic rings. The number of allylic oxidation sites excluding steroid dienone is 3. The second kappa shape index (κ2) is 3.46. The largest absolute Gasteiger partial charge is 0.218 e. The van der Waals surface area contributed by atoms with E-state index in [2.05, 4.69) is 11.6 Å². The molecule has 0 spiro atoms. The van der Waals surface area contributed by atoms with Gasteiger partial charge in [-0.25, -0.2) is 13.1 Å². The van der Waals surface area contributed by atoms with Gasteiger partial charge >= 0.3 is 0 Å². The minimum Gasteiger partial charge on any atom is -0.214 e. The molecule has 2 rings (SSSR count). The van der Waals surface area contributed by atoms with Gasteiger partial charge in [-0.2, -0.15) is 0 Å². The van der Waals surface area contributed by atoms with Gasteiger partial charge in [0.1, 0.15) is 5.25 Å². The third kappa shape index (κ3) is 1.88. The summed E-state index contributed by atoms with van der Waals surface area (Å²) in [6.07, 6.45) is 8.50. The average Bonchev–Trinajstić information content (AvgIpc) is 2.22. The highest BCUT2D eigenvalue weighted by molar-refractivity contribution is 7.90. The molecule has 1 aliphatic heterocycles. The molecule has 0 amide bonds. The quantitative estimate of drug-likeness (QED) is 0.681. The minimum absolute atomic E-state index is 0.253. The van der Waals surface area contributed by atoms with E-state index in [-0.39, 0.29) is 5.41 Å². The topological polar surface area (TPSA) is 46.2 Å². The molecule has 15 heavy (non-hydrogen) atoms. The Morgan fingerprint density at radius 1 is 1.40 bits per heavy atom. The molecule has 1 saturated heterocycles. The number of nitrogens with one attached hydrogen (secondary N) is 1. The van der Waals surface area contributed by atoms with Gasteiger partial charge in [-0.1, -0.05) is 38.2 Å². The first kappa shape index (κ1) is 10.9. The Morgan fingerprint density at radius 3 is 2.87 bits per heavy atom. The fourth-order valence-electron chi connectivity index (χ4n) is 2.57. The molecule has 1 aliphatic carbocycles. The van der Waals surface area contributed by atoms with E-state index in [1.165, 1.54) is 0 Å². The summed E-state index contributed by atoms with van der Waals surface area (Å²) >= 11 is 0. The van der Waals surface area contributed by atoms with Crippen LogP contribution < -0.4 is 4.72 Å². The van der Waals surface area contributed by atoms with E-state index >= 15 is 0 Å². The first-order valence-corrected chi connectivity index (χ1v) is 6.83. The van der Waals surface area contributed by atoms with E-state index in [4.69, 9.17) is 0 Å². The van der Waals surface area contributed by atoms with Crippen molar-refractivity contribution in [2.24, 2.45) is 11.3 Å². The number of fused-ring (bicyclic) bond motifs is 1. The van der Waals surface area contributed by atoms with Crippen molar-refractivity contribution in [1.29, 1.82) is 0 Å².